The minimum Gasteiger partial charge on any atom is -0.462 e. The van der Waals surface area contributed by atoms with Crippen LogP contribution < -0.4 is 0 Å². The predicted octanol–water partition coefficient (Wildman–Crippen LogP) is 23.3. The number of aliphatic hydroxyl groups excluding tert-OH is 1. The number of phosphoric ester groups is 2. The summed E-state index contributed by atoms with van der Waals surface area (Å²) in [7, 11) is -9.98. The zero-order chi connectivity index (χ0) is 74.6. The highest BCUT2D eigenvalue weighted by Gasteiger charge is 2.30. The number of rotatable bonds is 75. The Kier molecular flexibility index (Phi) is 71.8. The van der Waals surface area contributed by atoms with Gasteiger partial charge in [-0.2, -0.15) is 0 Å². The van der Waals surface area contributed by atoms with Gasteiger partial charge in [0.15, 0.2) is 12.2 Å². The van der Waals surface area contributed by atoms with E-state index in [2.05, 4.69) is 125 Å². The van der Waals surface area contributed by atoms with Crippen molar-refractivity contribution in [2.24, 2.45) is 0 Å². The lowest BCUT2D eigenvalue weighted by atomic mass is 10.1. The Hall–Kier alpha value is -4.28. The maximum absolute atomic E-state index is 13.1. The Morgan fingerprint density at radius 1 is 0.275 bits per heavy atom. The van der Waals surface area contributed by atoms with Crippen LogP contribution in [-0.2, 0) is 65.4 Å². The number of phosphoric acid groups is 2. The molecule has 3 N–H and O–H groups in total. The summed E-state index contributed by atoms with van der Waals surface area (Å²) in [5.41, 5.74) is 0. The Morgan fingerprint density at radius 3 is 0.804 bits per heavy atom. The average molecular weight is 1480 g/mol. The van der Waals surface area contributed by atoms with Crippen molar-refractivity contribution in [2.45, 2.75) is 354 Å². The minimum absolute atomic E-state index is 0.0148. The second-order valence-electron chi connectivity index (χ2n) is 26.6. The van der Waals surface area contributed by atoms with Crippen LogP contribution in [0, 0.1) is 0 Å². The first kappa shape index (κ1) is 97.7. The van der Waals surface area contributed by atoms with Gasteiger partial charge in [0.05, 0.1) is 26.4 Å². The van der Waals surface area contributed by atoms with Crippen molar-refractivity contribution >= 4 is 39.5 Å². The summed E-state index contributed by atoms with van der Waals surface area (Å²) in [6.07, 6.45) is 80.7. The van der Waals surface area contributed by atoms with Crippen LogP contribution >= 0.6 is 15.6 Å². The molecular weight excluding hydrogens is 1330 g/mol. The highest BCUT2D eigenvalue weighted by atomic mass is 31.2. The lowest BCUT2D eigenvalue weighted by Crippen LogP contribution is -2.30. The van der Waals surface area contributed by atoms with Crippen molar-refractivity contribution < 1.29 is 80.2 Å². The zero-order valence-electron chi connectivity index (χ0n) is 64.3. The van der Waals surface area contributed by atoms with Crippen molar-refractivity contribution in [2.75, 3.05) is 39.6 Å². The van der Waals surface area contributed by atoms with E-state index in [-0.39, 0.29) is 25.7 Å². The Bertz CT molecular complexity index is 2360. The molecule has 0 aromatic heterocycles. The van der Waals surface area contributed by atoms with Crippen molar-refractivity contribution in [3.63, 3.8) is 0 Å². The van der Waals surface area contributed by atoms with E-state index < -0.39 is 97.5 Å². The highest BCUT2D eigenvalue weighted by molar-refractivity contribution is 7.47. The van der Waals surface area contributed by atoms with Gasteiger partial charge in [0.25, 0.3) is 0 Å². The summed E-state index contributed by atoms with van der Waals surface area (Å²) in [5.74, 6) is -2.27. The molecular formula is C83H144O17P2. The number of hydrogen-bond acceptors (Lipinski definition) is 15. The number of unbranched alkanes of at least 4 members (excludes halogenated alkanes) is 31. The average Bonchev–Trinajstić information content (AvgIpc) is 0.917. The highest BCUT2D eigenvalue weighted by Crippen LogP contribution is 2.45. The normalized spacial score (nSPS) is 14.5. The quantitative estimate of drug-likeness (QED) is 0.0169. The molecule has 0 saturated heterocycles. The molecule has 102 heavy (non-hydrogen) atoms. The topological polar surface area (TPSA) is 237 Å². The fourth-order valence-electron chi connectivity index (χ4n) is 10.5. The van der Waals surface area contributed by atoms with Crippen LogP contribution in [0.1, 0.15) is 336 Å². The SMILES string of the molecule is CCCCC/C=C\C/C=C\C/C=C\C/C=C\CCCC(=O)O[C@H](COC(=O)CCCCCCC/C=C\C/C=C\CCCCC)COP(=O)(O)OC[C@H](O)COP(=O)(O)OC[C@@H](COC(=O)CCCCCCC/C=C\C/C=C\CCCCC)OC(=O)CCCCCCC/C=C\CCCCCCCC. The summed E-state index contributed by atoms with van der Waals surface area (Å²) in [6.45, 7) is 4.71. The lowest BCUT2D eigenvalue weighted by molar-refractivity contribution is -0.161. The second kappa shape index (κ2) is 75.0. The van der Waals surface area contributed by atoms with Crippen molar-refractivity contribution in [1.82, 2.24) is 0 Å². The van der Waals surface area contributed by atoms with Crippen molar-refractivity contribution in [3.8, 4) is 0 Å². The van der Waals surface area contributed by atoms with Crippen molar-refractivity contribution in [3.05, 3.63) is 109 Å². The smallest absolute Gasteiger partial charge is 0.462 e. The number of hydrogen-bond donors (Lipinski definition) is 3. The van der Waals surface area contributed by atoms with Crippen LogP contribution in [0.15, 0.2) is 109 Å². The molecule has 0 rings (SSSR count). The molecule has 0 saturated carbocycles. The Morgan fingerprint density at radius 2 is 0.490 bits per heavy atom. The molecule has 588 valence electrons. The van der Waals surface area contributed by atoms with E-state index in [9.17, 15) is 43.2 Å². The maximum Gasteiger partial charge on any atom is 0.472 e. The number of carbonyl (C=O) groups is 4. The minimum atomic E-state index is -5.00. The fourth-order valence-corrected chi connectivity index (χ4v) is 12.1. The monoisotopic (exact) mass is 1470 g/mol. The zero-order valence-corrected chi connectivity index (χ0v) is 66.0. The van der Waals surface area contributed by atoms with Crippen LogP contribution in [0.3, 0.4) is 0 Å². The summed E-state index contributed by atoms with van der Waals surface area (Å²) in [5, 5.41) is 10.6. The van der Waals surface area contributed by atoms with E-state index in [0.717, 1.165) is 154 Å². The van der Waals surface area contributed by atoms with Gasteiger partial charge in [-0.05, 0) is 154 Å². The molecule has 0 aromatic rings. The van der Waals surface area contributed by atoms with Crippen LogP contribution in [0.4, 0.5) is 0 Å². The van der Waals surface area contributed by atoms with Gasteiger partial charge in [-0.15, -0.1) is 0 Å². The van der Waals surface area contributed by atoms with Crippen LogP contribution in [-0.4, -0.2) is 96.7 Å². The molecule has 5 atom stereocenters. The summed E-state index contributed by atoms with van der Waals surface area (Å²) in [6, 6.07) is 0. The molecule has 0 amide bonds. The molecule has 0 aromatic carbocycles. The standard InChI is InChI=1S/C83H144O17P2/c1-5-9-13-17-21-25-29-33-37-38-42-46-50-54-58-62-66-70-83(88)100-79(74-94-81(86)68-64-60-56-52-48-44-40-35-31-27-23-19-15-11-7-3)76-98-102(91,92)96-72-77(84)71-95-101(89,90)97-75-78(99-82(87)69-65-61-57-53-49-45-41-36-32-28-24-20-16-12-8-4)73-93-80(85)67-63-59-55-51-47-43-39-34-30-26-22-18-14-10-6-2/h21-23,25-27,33-37,39-42,46,54,58,77-79,84H,5-20,24,28-32,38,43-45,47-53,55-57,59-76H2,1-4H3,(H,89,90)(H,91,92)/b25-21-,26-22-,27-23-,37-33-,39-34-,40-35-,41-36-,46-42-,58-54-/t77-,78-,79-/m1/s1. The van der Waals surface area contributed by atoms with E-state index in [1.807, 2.05) is 12.2 Å². The van der Waals surface area contributed by atoms with Gasteiger partial charge in [0.1, 0.15) is 19.3 Å². The van der Waals surface area contributed by atoms with Gasteiger partial charge >= 0.3 is 39.5 Å². The number of allylic oxidation sites excluding steroid dienone is 18. The lowest BCUT2D eigenvalue weighted by Gasteiger charge is -2.21. The van der Waals surface area contributed by atoms with Gasteiger partial charge < -0.3 is 33.8 Å². The molecule has 0 radical (unpaired) electrons. The third kappa shape index (κ3) is 74.0. The molecule has 0 aliphatic rings. The molecule has 0 spiro atoms. The first-order valence-corrected chi connectivity index (χ1v) is 43.1. The van der Waals surface area contributed by atoms with Crippen LogP contribution in [0.2, 0.25) is 0 Å². The van der Waals surface area contributed by atoms with Crippen LogP contribution in [0.25, 0.3) is 0 Å². The van der Waals surface area contributed by atoms with E-state index in [0.29, 0.717) is 32.1 Å². The summed E-state index contributed by atoms with van der Waals surface area (Å²) >= 11 is 0. The summed E-state index contributed by atoms with van der Waals surface area (Å²) < 4.78 is 68.5. The third-order valence-electron chi connectivity index (χ3n) is 16.7. The predicted molar refractivity (Wildman–Crippen MR) is 418 cm³/mol. The van der Waals surface area contributed by atoms with E-state index >= 15 is 0 Å². The van der Waals surface area contributed by atoms with E-state index in [1.54, 1.807) is 0 Å². The fraction of sp³-hybridized carbons (Fsp3) is 0.735. The third-order valence-corrected chi connectivity index (χ3v) is 18.6. The molecule has 0 bridgehead atoms. The number of aliphatic hydroxyl groups is 1. The number of carbonyl (C=O) groups excluding carboxylic acids is 4. The first-order chi connectivity index (χ1) is 49.7. The second-order valence-corrected chi connectivity index (χ2v) is 29.5. The van der Waals surface area contributed by atoms with Crippen molar-refractivity contribution in [1.29, 1.82) is 0 Å². The summed E-state index contributed by atoms with van der Waals surface area (Å²) in [4.78, 5) is 73.0. The molecule has 0 heterocycles. The molecule has 0 aliphatic heterocycles. The van der Waals surface area contributed by atoms with Crippen LogP contribution in [0.5, 0.6) is 0 Å². The van der Waals surface area contributed by atoms with Gasteiger partial charge in [0, 0.05) is 25.7 Å². The molecule has 17 nitrogen and oxygen atoms in total. The molecule has 2 unspecified atom stereocenters. The van der Waals surface area contributed by atoms with Gasteiger partial charge in [0.2, 0.25) is 0 Å². The maximum atomic E-state index is 13.1. The first-order valence-electron chi connectivity index (χ1n) is 40.1. The van der Waals surface area contributed by atoms with E-state index in [4.69, 9.17) is 37.0 Å². The number of ether oxygens (including phenoxy) is 4. The Labute approximate surface area is 619 Å². The molecule has 0 fully saturated rings. The molecule has 19 heteroatoms. The molecule has 0 aliphatic carbocycles. The Balaban J connectivity index is 5.44. The van der Waals surface area contributed by atoms with E-state index in [1.165, 1.54) is 96.3 Å². The number of esters is 4. The van der Waals surface area contributed by atoms with Gasteiger partial charge in [-0.25, -0.2) is 9.13 Å². The van der Waals surface area contributed by atoms with Gasteiger partial charge in [-0.1, -0.05) is 265 Å². The largest absolute Gasteiger partial charge is 0.472 e. The van der Waals surface area contributed by atoms with Gasteiger partial charge in [-0.3, -0.25) is 37.3 Å².